The van der Waals surface area contributed by atoms with E-state index >= 15 is 0 Å². The predicted octanol–water partition coefficient (Wildman–Crippen LogP) is 2.80. The van der Waals surface area contributed by atoms with Gasteiger partial charge < -0.3 is 19.7 Å². The average Bonchev–Trinajstić information content (AvgIpc) is 2.79. The first kappa shape index (κ1) is 25.0. The highest BCUT2D eigenvalue weighted by Crippen LogP contribution is 2.22. The zero-order valence-electron chi connectivity index (χ0n) is 19.3. The van der Waals surface area contributed by atoms with Crippen LogP contribution in [-0.4, -0.2) is 59.6 Å². The van der Waals surface area contributed by atoms with Gasteiger partial charge in [-0.2, -0.15) is 0 Å². The van der Waals surface area contributed by atoms with Gasteiger partial charge in [0, 0.05) is 13.1 Å². The van der Waals surface area contributed by atoms with Crippen LogP contribution in [0.15, 0.2) is 24.3 Å². The maximum Gasteiger partial charge on any atom is 0.308 e. The Kier molecular flexibility index (Phi) is 9.05. The lowest BCUT2D eigenvalue weighted by molar-refractivity contribution is -0.153. The third-order valence-electron chi connectivity index (χ3n) is 5.73. The third kappa shape index (κ3) is 7.15. The van der Waals surface area contributed by atoms with E-state index in [4.69, 9.17) is 21.7 Å². The fraction of sp³-hybridized carbons (Fsp3) is 0.583. The van der Waals surface area contributed by atoms with Crippen LogP contribution in [-0.2, 0) is 14.3 Å². The first-order chi connectivity index (χ1) is 15.8. The van der Waals surface area contributed by atoms with Crippen molar-refractivity contribution in [2.45, 2.75) is 64.5 Å². The van der Waals surface area contributed by atoms with Crippen LogP contribution in [0.5, 0.6) is 5.75 Å². The Labute approximate surface area is 200 Å². The van der Waals surface area contributed by atoms with Crippen molar-refractivity contribution in [1.29, 1.82) is 0 Å². The van der Waals surface area contributed by atoms with Crippen LogP contribution in [0.3, 0.4) is 0 Å². The fourth-order valence-corrected chi connectivity index (χ4v) is 4.32. The second kappa shape index (κ2) is 12.0. The minimum Gasteiger partial charge on any atom is -0.492 e. The first-order valence-corrected chi connectivity index (χ1v) is 12.1. The summed E-state index contributed by atoms with van der Waals surface area (Å²) in [6.07, 6.45) is 4.77. The molecule has 1 atom stereocenters. The molecule has 0 spiro atoms. The van der Waals surface area contributed by atoms with Crippen LogP contribution in [0.4, 0.5) is 0 Å². The Balaban J connectivity index is 1.64. The Hall–Kier alpha value is -2.68. The number of para-hydroxylation sites is 1. The zero-order valence-corrected chi connectivity index (χ0v) is 20.1. The highest BCUT2D eigenvalue weighted by atomic mass is 32.1. The molecule has 1 saturated heterocycles. The van der Waals surface area contributed by atoms with Crippen molar-refractivity contribution in [3.63, 3.8) is 0 Å². The Morgan fingerprint density at radius 2 is 1.94 bits per heavy atom. The molecule has 2 aliphatic rings. The lowest BCUT2D eigenvalue weighted by Crippen LogP contribution is -2.60. The molecule has 180 valence electrons. The molecule has 0 radical (unpaired) electrons. The SMILES string of the molecule is CC(C)COc1ccccc1C(=O)NC(=S)N1CCNC(=O)C1CC(=O)OC1CCCCC1. The number of carbonyl (C=O) groups excluding carboxylic acids is 3. The summed E-state index contributed by atoms with van der Waals surface area (Å²) in [5, 5.41) is 5.57. The second-order valence-electron chi connectivity index (χ2n) is 8.91. The van der Waals surface area contributed by atoms with Gasteiger partial charge in [0.05, 0.1) is 18.6 Å². The van der Waals surface area contributed by atoms with Gasteiger partial charge in [-0.25, -0.2) is 0 Å². The number of nitrogens with zero attached hydrogens (tertiary/aromatic N) is 1. The van der Waals surface area contributed by atoms with E-state index in [1.807, 2.05) is 13.8 Å². The van der Waals surface area contributed by atoms with E-state index in [9.17, 15) is 14.4 Å². The van der Waals surface area contributed by atoms with Gasteiger partial charge in [-0.1, -0.05) is 32.4 Å². The molecule has 8 nitrogen and oxygen atoms in total. The van der Waals surface area contributed by atoms with Gasteiger partial charge in [0.2, 0.25) is 5.91 Å². The number of esters is 1. The molecule has 1 heterocycles. The molecule has 1 unspecified atom stereocenters. The smallest absolute Gasteiger partial charge is 0.308 e. The van der Waals surface area contributed by atoms with Crippen LogP contribution in [0.1, 0.15) is 62.7 Å². The molecule has 1 saturated carbocycles. The molecular formula is C24H33N3O5S. The third-order valence-corrected chi connectivity index (χ3v) is 6.06. The van der Waals surface area contributed by atoms with Gasteiger partial charge in [0.25, 0.3) is 5.91 Å². The van der Waals surface area contributed by atoms with Gasteiger partial charge in [-0.05, 0) is 56.0 Å². The summed E-state index contributed by atoms with van der Waals surface area (Å²) in [7, 11) is 0. The van der Waals surface area contributed by atoms with Crippen molar-refractivity contribution in [2.75, 3.05) is 19.7 Å². The normalized spacial score (nSPS) is 19.1. The fourth-order valence-electron chi connectivity index (χ4n) is 4.01. The lowest BCUT2D eigenvalue weighted by Gasteiger charge is -2.36. The van der Waals surface area contributed by atoms with E-state index in [-0.39, 0.29) is 23.5 Å². The van der Waals surface area contributed by atoms with Crippen molar-refractivity contribution in [2.24, 2.45) is 5.92 Å². The Morgan fingerprint density at radius 3 is 2.67 bits per heavy atom. The Bertz CT molecular complexity index is 869. The minimum atomic E-state index is -0.824. The average molecular weight is 476 g/mol. The highest BCUT2D eigenvalue weighted by molar-refractivity contribution is 7.80. The summed E-state index contributed by atoms with van der Waals surface area (Å²) in [4.78, 5) is 39.6. The van der Waals surface area contributed by atoms with Gasteiger partial charge >= 0.3 is 5.97 Å². The zero-order chi connectivity index (χ0) is 23.8. The second-order valence-corrected chi connectivity index (χ2v) is 9.30. The van der Waals surface area contributed by atoms with E-state index in [1.54, 1.807) is 29.2 Å². The number of benzene rings is 1. The molecule has 2 amide bonds. The van der Waals surface area contributed by atoms with Crippen LogP contribution in [0, 0.1) is 5.92 Å². The Morgan fingerprint density at radius 1 is 1.21 bits per heavy atom. The number of carbonyl (C=O) groups is 3. The summed E-state index contributed by atoms with van der Waals surface area (Å²) in [6, 6.07) is 6.12. The number of nitrogens with one attached hydrogen (secondary N) is 2. The molecule has 9 heteroatoms. The van der Waals surface area contributed by atoms with Crippen LogP contribution in [0.2, 0.25) is 0 Å². The van der Waals surface area contributed by atoms with E-state index in [1.165, 1.54) is 0 Å². The van der Waals surface area contributed by atoms with Crippen LogP contribution < -0.4 is 15.4 Å². The molecule has 0 aromatic heterocycles. The molecule has 1 aromatic carbocycles. The van der Waals surface area contributed by atoms with E-state index < -0.39 is 17.9 Å². The van der Waals surface area contributed by atoms with E-state index in [0.717, 1.165) is 32.1 Å². The van der Waals surface area contributed by atoms with Crippen molar-refractivity contribution < 1.29 is 23.9 Å². The molecule has 0 bridgehead atoms. The minimum absolute atomic E-state index is 0.0830. The number of hydrogen-bond donors (Lipinski definition) is 2. The van der Waals surface area contributed by atoms with Crippen molar-refractivity contribution >= 4 is 35.1 Å². The summed E-state index contributed by atoms with van der Waals surface area (Å²) < 4.78 is 11.4. The summed E-state index contributed by atoms with van der Waals surface area (Å²) in [6.45, 7) is 5.29. The maximum atomic E-state index is 12.9. The van der Waals surface area contributed by atoms with Crippen LogP contribution >= 0.6 is 12.2 Å². The predicted molar refractivity (Wildman–Crippen MR) is 128 cm³/mol. The van der Waals surface area contributed by atoms with Crippen molar-refractivity contribution in [1.82, 2.24) is 15.5 Å². The van der Waals surface area contributed by atoms with Gasteiger partial charge in [-0.15, -0.1) is 0 Å². The summed E-state index contributed by atoms with van der Waals surface area (Å²) in [5.74, 6) is -0.373. The van der Waals surface area contributed by atoms with E-state index in [0.29, 0.717) is 36.9 Å². The largest absolute Gasteiger partial charge is 0.492 e. The van der Waals surface area contributed by atoms with Gasteiger partial charge in [0.15, 0.2) is 5.11 Å². The number of ether oxygens (including phenoxy) is 2. The van der Waals surface area contributed by atoms with Crippen molar-refractivity contribution in [3.8, 4) is 5.75 Å². The maximum absolute atomic E-state index is 12.9. The number of amides is 2. The topological polar surface area (TPSA) is 97.0 Å². The molecule has 2 N–H and O–H groups in total. The summed E-state index contributed by atoms with van der Waals surface area (Å²) in [5.41, 5.74) is 0.357. The lowest BCUT2D eigenvalue weighted by atomic mass is 9.98. The first-order valence-electron chi connectivity index (χ1n) is 11.7. The molecule has 1 aliphatic carbocycles. The molecule has 1 aromatic rings. The van der Waals surface area contributed by atoms with Gasteiger partial charge in [-0.3, -0.25) is 19.7 Å². The molecule has 1 aliphatic heterocycles. The monoisotopic (exact) mass is 475 g/mol. The summed E-state index contributed by atoms with van der Waals surface area (Å²) >= 11 is 5.46. The standard InChI is InChI=1S/C24H33N3O5S/c1-16(2)15-31-20-11-7-6-10-18(20)22(29)26-24(33)27-13-12-25-23(30)19(27)14-21(28)32-17-8-4-3-5-9-17/h6-7,10-11,16-17,19H,3-5,8-9,12-15H2,1-2H3,(H,25,30)(H,26,29,33). The highest BCUT2D eigenvalue weighted by Gasteiger charge is 2.35. The number of piperazine rings is 1. The molecule has 33 heavy (non-hydrogen) atoms. The molecular weight excluding hydrogens is 442 g/mol. The van der Waals surface area contributed by atoms with Crippen molar-refractivity contribution in [3.05, 3.63) is 29.8 Å². The molecule has 3 rings (SSSR count). The van der Waals surface area contributed by atoms with Gasteiger partial charge in [0.1, 0.15) is 17.9 Å². The molecule has 2 fully saturated rings. The number of thiocarbonyl (C=S) groups is 1. The number of rotatable bonds is 7. The quantitative estimate of drug-likeness (QED) is 0.462. The van der Waals surface area contributed by atoms with E-state index in [2.05, 4.69) is 10.6 Å². The van der Waals surface area contributed by atoms with Crippen LogP contribution in [0.25, 0.3) is 0 Å². The number of hydrogen-bond acceptors (Lipinski definition) is 6.